The second-order valence-electron chi connectivity index (χ2n) is 5.36. The van der Waals surface area contributed by atoms with Crippen LogP contribution in [-0.2, 0) is 12.6 Å². The maximum Gasteiger partial charge on any atom is 0.433 e. The van der Waals surface area contributed by atoms with Crippen LogP contribution in [0.5, 0.6) is 0 Å². The number of aryl methyl sites for hydroxylation is 1. The predicted molar refractivity (Wildman–Crippen MR) is 85.3 cm³/mol. The van der Waals surface area contributed by atoms with Gasteiger partial charge in [0.2, 0.25) is 0 Å². The third-order valence-electron chi connectivity index (χ3n) is 3.59. The standard InChI is InChI=1S/C16H13ClF3N3O/c1-2-3-11-8-12(24)23-15(21-11)13(14(22-23)16(18,19)20)9-4-6-10(17)7-5-9/h4-8,22H,2-3H2,1H3. The molecule has 1 aromatic carbocycles. The lowest BCUT2D eigenvalue weighted by Gasteiger charge is -2.07. The Kier molecular flexibility index (Phi) is 4.13. The Bertz CT molecular complexity index is 942. The van der Waals surface area contributed by atoms with E-state index in [1.54, 1.807) is 0 Å². The highest BCUT2D eigenvalue weighted by Crippen LogP contribution is 2.38. The summed E-state index contributed by atoms with van der Waals surface area (Å²) < 4.78 is 41.1. The van der Waals surface area contributed by atoms with E-state index in [1.807, 2.05) is 6.92 Å². The average Bonchev–Trinajstić information content (AvgIpc) is 2.89. The van der Waals surface area contributed by atoms with Gasteiger partial charge in [0, 0.05) is 16.8 Å². The van der Waals surface area contributed by atoms with E-state index in [0.29, 0.717) is 17.1 Å². The smallest absolute Gasteiger partial charge is 0.284 e. The van der Waals surface area contributed by atoms with Gasteiger partial charge in [-0.1, -0.05) is 37.1 Å². The summed E-state index contributed by atoms with van der Waals surface area (Å²) in [6.45, 7) is 1.90. The summed E-state index contributed by atoms with van der Waals surface area (Å²) in [5.74, 6) is 0. The number of hydrogen-bond acceptors (Lipinski definition) is 2. The lowest BCUT2D eigenvalue weighted by atomic mass is 10.1. The second kappa shape index (κ2) is 5.98. The Morgan fingerprint density at radius 1 is 1.25 bits per heavy atom. The van der Waals surface area contributed by atoms with Gasteiger partial charge < -0.3 is 0 Å². The monoisotopic (exact) mass is 355 g/mol. The van der Waals surface area contributed by atoms with E-state index in [1.165, 1.54) is 30.3 Å². The van der Waals surface area contributed by atoms with Gasteiger partial charge in [0.05, 0.1) is 5.56 Å². The summed E-state index contributed by atoms with van der Waals surface area (Å²) in [6, 6.07) is 7.18. The Morgan fingerprint density at radius 2 is 1.92 bits per heavy atom. The first kappa shape index (κ1) is 16.6. The Balaban J connectivity index is 2.38. The molecule has 0 aliphatic heterocycles. The Labute approximate surface area is 139 Å². The van der Waals surface area contributed by atoms with Crippen molar-refractivity contribution in [1.29, 1.82) is 0 Å². The van der Waals surface area contributed by atoms with Crippen LogP contribution in [-0.4, -0.2) is 14.6 Å². The molecule has 1 N–H and O–H groups in total. The van der Waals surface area contributed by atoms with E-state index < -0.39 is 17.4 Å². The number of nitrogens with one attached hydrogen (secondary N) is 1. The summed E-state index contributed by atoms with van der Waals surface area (Å²) in [7, 11) is 0. The molecule has 0 unspecified atom stereocenters. The molecule has 0 fully saturated rings. The number of aromatic amines is 1. The van der Waals surface area contributed by atoms with Gasteiger partial charge >= 0.3 is 6.18 Å². The minimum absolute atomic E-state index is 0.0411. The highest BCUT2D eigenvalue weighted by atomic mass is 35.5. The number of benzene rings is 1. The average molecular weight is 356 g/mol. The van der Waals surface area contributed by atoms with Crippen molar-refractivity contribution in [2.75, 3.05) is 0 Å². The molecule has 3 aromatic rings. The molecule has 0 aliphatic carbocycles. The zero-order valence-electron chi connectivity index (χ0n) is 12.6. The van der Waals surface area contributed by atoms with Crippen LogP contribution in [0.4, 0.5) is 13.2 Å². The van der Waals surface area contributed by atoms with Crippen molar-refractivity contribution >= 4 is 17.2 Å². The van der Waals surface area contributed by atoms with E-state index in [2.05, 4.69) is 10.1 Å². The number of rotatable bonds is 3. The van der Waals surface area contributed by atoms with Crippen LogP contribution in [0.15, 0.2) is 35.1 Å². The molecule has 24 heavy (non-hydrogen) atoms. The zero-order valence-corrected chi connectivity index (χ0v) is 13.4. The van der Waals surface area contributed by atoms with Crippen LogP contribution in [0.3, 0.4) is 0 Å². The number of hydrogen-bond donors (Lipinski definition) is 1. The molecule has 0 atom stereocenters. The third kappa shape index (κ3) is 2.91. The van der Waals surface area contributed by atoms with E-state index in [-0.39, 0.29) is 16.8 Å². The van der Waals surface area contributed by atoms with E-state index in [4.69, 9.17) is 11.6 Å². The van der Waals surface area contributed by atoms with Crippen molar-refractivity contribution in [2.24, 2.45) is 0 Å². The Hall–Kier alpha value is -2.28. The van der Waals surface area contributed by atoms with Crippen LogP contribution in [0, 0.1) is 0 Å². The zero-order chi connectivity index (χ0) is 17.5. The fraction of sp³-hybridized carbons (Fsp3) is 0.250. The molecular weight excluding hydrogens is 343 g/mol. The molecule has 0 saturated carbocycles. The molecule has 0 radical (unpaired) electrons. The summed E-state index contributed by atoms with van der Waals surface area (Å²) >= 11 is 5.81. The molecule has 0 amide bonds. The molecule has 0 saturated heterocycles. The highest BCUT2D eigenvalue weighted by molar-refractivity contribution is 6.30. The molecule has 2 heterocycles. The quantitative estimate of drug-likeness (QED) is 0.761. The van der Waals surface area contributed by atoms with Gasteiger partial charge in [-0.15, -0.1) is 0 Å². The van der Waals surface area contributed by atoms with Crippen LogP contribution in [0.2, 0.25) is 5.02 Å². The molecule has 2 aromatic heterocycles. The van der Waals surface area contributed by atoms with Gasteiger partial charge in [-0.05, 0) is 24.1 Å². The van der Waals surface area contributed by atoms with E-state index >= 15 is 0 Å². The molecular formula is C16H13ClF3N3O. The van der Waals surface area contributed by atoms with Crippen LogP contribution in [0.25, 0.3) is 16.8 Å². The lowest BCUT2D eigenvalue weighted by Crippen LogP contribution is -2.16. The van der Waals surface area contributed by atoms with Crippen molar-refractivity contribution in [2.45, 2.75) is 25.9 Å². The summed E-state index contributed by atoms with van der Waals surface area (Å²) in [5, 5.41) is 2.54. The molecule has 4 nitrogen and oxygen atoms in total. The summed E-state index contributed by atoms with van der Waals surface area (Å²) in [4.78, 5) is 16.4. The number of aromatic nitrogens is 3. The topological polar surface area (TPSA) is 50.2 Å². The van der Waals surface area contributed by atoms with Crippen molar-refractivity contribution in [1.82, 2.24) is 14.6 Å². The predicted octanol–water partition coefficient (Wildman–Crippen LogP) is 4.31. The van der Waals surface area contributed by atoms with Crippen molar-refractivity contribution < 1.29 is 13.2 Å². The first-order valence-corrected chi connectivity index (χ1v) is 7.67. The van der Waals surface area contributed by atoms with Gasteiger partial charge in [0.1, 0.15) is 5.69 Å². The largest absolute Gasteiger partial charge is 0.433 e. The molecule has 8 heteroatoms. The fourth-order valence-electron chi connectivity index (χ4n) is 2.56. The molecule has 126 valence electrons. The van der Waals surface area contributed by atoms with Crippen molar-refractivity contribution in [3.8, 4) is 11.1 Å². The first-order valence-electron chi connectivity index (χ1n) is 7.29. The maximum absolute atomic E-state index is 13.4. The molecule has 0 bridgehead atoms. The maximum atomic E-state index is 13.4. The number of fused-ring (bicyclic) bond motifs is 1. The van der Waals surface area contributed by atoms with Crippen molar-refractivity contribution in [3.05, 3.63) is 57.1 Å². The van der Waals surface area contributed by atoms with Crippen LogP contribution >= 0.6 is 11.6 Å². The number of nitrogens with zero attached hydrogens (tertiary/aromatic N) is 2. The number of H-pyrrole nitrogens is 1. The van der Waals surface area contributed by atoms with E-state index in [0.717, 1.165) is 10.9 Å². The van der Waals surface area contributed by atoms with E-state index in [9.17, 15) is 18.0 Å². The fourth-order valence-corrected chi connectivity index (χ4v) is 2.69. The minimum Gasteiger partial charge on any atom is -0.284 e. The van der Waals surface area contributed by atoms with Gasteiger partial charge in [-0.25, -0.2) is 9.50 Å². The van der Waals surface area contributed by atoms with Crippen LogP contribution in [0.1, 0.15) is 24.7 Å². The molecule has 0 aliphatic rings. The molecule has 3 rings (SSSR count). The first-order chi connectivity index (χ1) is 11.3. The van der Waals surface area contributed by atoms with Gasteiger partial charge in [-0.2, -0.15) is 13.2 Å². The second-order valence-corrected chi connectivity index (χ2v) is 5.80. The minimum atomic E-state index is -4.65. The summed E-state index contributed by atoms with van der Waals surface area (Å²) in [6.07, 6.45) is -3.41. The van der Waals surface area contributed by atoms with Crippen molar-refractivity contribution in [3.63, 3.8) is 0 Å². The van der Waals surface area contributed by atoms with Gasteiger partial charge in [-0.3, -0.25) is 9.89 Å². The third-order valence-corrected chi connectivity index (χ3v) is 3.84. The highest BCUT2D eigenvalue weighted by Gasteiger charge is 2.38. The summed E-state index contributed by atoms with van der Waals surface area (Å²) in [5.41, 5.74) is -1.04. The Morgan fingerprint density at radius 3 is 2.50 bits per heavy atom. The normalized spacial score (nSPS) is 12.0. The lowest BCUT2D eigenvalue weighted by molar-refractivity contribution is -0.140. The molecule has 0 spiro atoms. The van der Waals surface area contributed by atoms with Crippen LogP contribution < -0.4 is 5.56 Å². The van der Waals surface area contributed by atoms with Gasteiger partial charge in [0.15, 0.2) is 5.65 Å². The number of halogens is 4. The van der Waals surface area contributed by atoms with Gasteiger partial charge in [0.25, 0.3) is 5.56 Å². The number of alkyl halides is 3. The SMILES string of the molecule is CCCc1cc(=O)n2[nH]c(C(F)(F)F)c(-c3ccc(Cl)cc3)c2n1.